The molecule has 0 radical (unpaired) electrons. The van der Waals surface area contributed by atoms with Crippen molar-refractivity contribution in [2.24, 2.45) is 15.9 Å². The van der Waals surface area contributed by atoms with Gasteiger partial charge in [-0.1, -0.05) is 12.1 Å². The molecule has 0 atom stereocenters. The van der Waals surface area contributed by atoms with Gasteiger partial charge in [0.1, 0.15) is 0 Å². The quantitative estimate of drug-likeness (QED) is 0.586. The van der Waals surface area contributed by atoms with Gasteiger partial charge in [0.2, 0.25) is 10.0 Å². The van der Waals surface area contributed by atoms with Crippen molar-refractivity contribution in [2.75, 3.05) is 31.1 Å². The number of nitrogens with zero attached hydrogens (tertiary/aromatic N) is 4. The molecule has 0 amide bonds. The lowest BCUT2D eigenvalue weighted by Crippen LogP contribution is -2.51. The van der Waals surface area contributed by atoms with Crippen LogP contribution in [0, 0.1) is 0 Å². The lowest BCUT2D eigenvalue weighted by atomic mass is 10.2. The number of sulfonamides is 1. The fourth-order valence-corrected chi connectivity index (χ4v) is 3.87. The van der Waals surface area contributed by atoms with Gasteiger partial charge in [0, 0.05) is 37.8 Å². The SMILES string of the molecule is NC(=NCc1cccc(S(N)(=O)=O)c1)N1CCN(c2nccs2)CC1. The van der Waals surface area contributed by atoms with E-state index in [0.717, 1.165) is 36.9 Å². The molecule has 0 unspecified atom stereocenters. The highest BCUT2D eigenvalue weighted by Gasteiger charge is 2.19. The largest absolute Gasteiger partial charge is 0.370 e. The van der Waals surface area contributed by atoms with Crippen molar-refractivity contribution in [2.45, 2.75) is 11.4 Å². The number of hydrogen-bond donors (Lipinski definition) is 2. The Morgan fingerprint density at radius 2 is 2.04 bits per heavy atom. The molecular formula is C15H20N6O2S2. The van der Waals surface area contributed by atoms with Gasteiger partial charge >= 0.3 is 0 Å². The van der Waals surface area contributed by atoms with Gasteiger partial charge in [-0.3, -0.25) is 0 Å². The summed E-state index contributed by atoms with van der Waals surface area (Å²) in [6, 6.07) is 6.43. The summed E-state index contributed by atoms with van der Waals surface area (Å²) in [5, 5.41) is 8.13. The van der Waals surface area contributed by atoms with Gasteiger partial charge in [0.05, 0.1) is 11.4 Å². The van der Waals surface area contributed by atoms with Crippen LogP contribution in [0.1, 0.15) is 5.56 Å². The van der Waals surface area contributed by atoms with Gasteiger partial charge < -0.3 is 15.5 Å². The van der Waals surface area contributed by atoms with E-state index in [9.17, 15) is 8.42 Å². The highest BCUT2D eigenvalue weighted by molar-refractivity contribution is 7.89. The molecule has 1 saturated heterocycles. The fourth-order valence-electron chi connectivity index (χ4n) is 2.59. The van der Waals surface area contributed by atoms with Gasteiger partial charge in [-0.15, -0.1) is 11.3 Å². The van der Waals surface area contributed by atoms with E-state index in [1.54, 1.807) is 29.7 Å². The zero-order valence-corrected chi connectivity index (χ0v) is 15.2. The van der Waals surface area contributed by atoms with Crippen molar-refractivity contribution in [3.63, 3.8) is 0 Å². The second-order valence-corrected chi connectivity index (χ2v) is 8.09. The van der Waals surface area contributed by atoms with Gasteiger partial charge in [-0.2, -0.15) is 0 Å². The Hall–Kier alpha value is -2.17. The van der Waals surface area contributed by atoms with E-state index in [-0.39, 0.29) is 4.90 Å². The van der Waals surface area contributed by atoms with E-state index < -0.39 is 10.0 Å². The van der Waals surface area contributed by atoms with Crippen LogP contribution in [0.25, 0.3) is 0 Å². The van der Waals surface area contributed by atoms with Crippen LogP contribution in [-0.2, 0) is 16.6 Å². The molecule has 0 spiro atoms. The van der Waals surface area contributed by atoms with Gasteiger partial charge in [-0.05, 0) is 17.7 Å². The summed E-state index contributed by atoms with van der Waals surface area (Å²) in [7, 11) is -3.71. The molecule has 1 aliphatic heterocycles. The Kier molecular flexibility index (Phi) is 5.21. The Morgan fingerprint density at radius 1 is 1.28 bits per heavy atom. The molecular weight excluding hydrogens is 360 g/mol. The molecule has 134 valence electrons. The minimum atomic E-state index is -3.71. The Morgan fingerprint density at radius 3 is 2.68 bits per heavy atom. The predicted molar refractivity (Wildman–Crippen MR) is 99.0 cm³/mol. The topological polar surface area (TPSA) is 118 Å². The molecule has 3 rings (SSSR count). The molecule has 0 aliphatic carbocycles. The molecule has 10 heteroatoms. The Bertz CT molecular complexity index is 843. The first-order chi connectivity index (χ1) is 11.9. The summed E-state index contributed by atoms with van der Waals surface area (Å²) in [6.45, 7) is 3.52. The van der Waals surface area contributed by atoms with E-state index in [1.807, 2.05) is 10.3 Å². The van der Waals surface area contributed by atoms with Crippen molar-refractivity contribution >= 4 is 32.5 Å². The standard InChI is InChI=1S/C15H20N6O2S2/c16-14(19-11-12-2-1-3-13(10-12)25(17,22)23)20-5-7-21(8-6-20)15-18-4-9-24-15/h1-4,9-10H,5-8,11H2,(H2,16,19)(H2,17,22,23). The lowest BCUT2D eigenvalue weighted by molar-refractivity contribution is 0.380. The molecule has 1 fully saturated rings. The summed E-state index contributed by atoms with van der Waals surface area (Å²) in [5.74, 6) is 0.458. The van der Waals surface area contributed by atoms with Crippen LogP contribution in [-0.4, -0.2) is 50.4 Å². The number of rotatable bonds is 4. The van der Waals surface area contributed by atoms with Gasteiger partial charge in [0.25, 0.3) is 0 Å². The molecule has 0 bridgehead atoms. The molecule has 1 aromatic carbocycles. The maximum absolute atomic E-state index is 11.4. The number of anilines is 1. The van der Waals surface area contributed by atoms with Crippen LogP contribution in [0.5, 0.6) is 0 Å². The highest BCUT2D eigenvalue weighted by atomic mass is 32.2. The fraction of sp³-hybridized carbons (Fsp3) is 0.333. The van der Waals surface area contributed by atoms with E-state index >= 15 is 0 Å². The normalized spacial score (nSPS) is 16.3. The van der Waals surface area contributed by atoms with Crippen molar-refractivity contribution in [1.29, 1.82) is 0 Å². The third-order valence-electron chi connectivity index (χ3n) is 3.94. The van der Waals surface area contributed by atoms with Crippen LogP contribution < -0.4 is 15.8 Å². The average molecular weight is 380 g/mol. The monoisotopic (exact) mass is 380 g/mol. The van der Waals surface area contributed by atoms with Gasteiger partial charge in [-0.25, -0.2) is 23.5 Å². The van der Waals surface area contributed by atoms with Crippen LogP contribution >= 0.6 is 11.3 Å². The predicted octanol–water partition coefficient (Wildman–Crippen LogP) is 0.427. The third kappa shape index (κ3) is 4.47. The number of hydrogen-bond acceptors (Lipinski definition) is 6. The van der Waals surface area contributed by atoms with Crippen LogP contribution in [0.3, 0.4) is 0 Å². The number of guanidine groups is 1. The number of piperazine rings is 1. The molecule has 1 aliphatic rings. The molecule has 0 saturated carbocycles. The van der Waals surface area contributed by atoms with E-state index in [4.69, 9.17) is 10.9 Å². The van der Waals surface area contributed by atoms with E-state index in [1.165, 1.54) is 12.1 Å². The summed E-state index contributed by atoms with van der Waals surface area (Å²) < 4.78 is 22.8. The highest BCUT2D eigenvalue weighted by Crippen LogP contribution is 2.18. The summed E-state index contributed by atoms with van der Waals surface area (Å²) >= 11 is 1.63. The second kappa shape index (κ2) is 7.38. The van der Waals surface area contributed by atoms with Crippen LogP contribution in [0.4, 0.5) is 5.13 Å². The van der Waals surface area contributed by atoms with Crippen molar-refractivity contribution in [3.8, 4) is 0 Å². The maximum atomic E-state index is 11.4. The maximum Gasteiger partial charge on any atom is 0.238 e. The molecule has 25 heavy (non-hydrogen) atoms. The number of thiazole rings is 1. The molecule has 2 aromatic rings. The number of nitrogens with two attached hydrogens (primary N) is 2. The number of primary sulfonamides is 1. The van der Waals surface area contributed by atoms with Gasteiger partial charge in [0.15, 0.2) is 11.1 Å². The van der Waals surface area contributed by atoms with Crippen molar-refractivity contribution in [1.82, 2.24) is 9.88 Å². The van der Waals surface area contributed by atoms with Crippen molar-refractivity contribution < 1.29 is 8.42 Å². The summed E-state index contributed by atoms with van der Waals surface area (Å²) in [4.78, 5) is 13.0. The van der Waals surface area contributed by atoms with Crippen LogP contribution in [0.15, 0.2) is 45.7 Å². The minimum absolute atomic E-state index is 0.0795. The first-order valence-corrected chi connectivity index (χ1v) is 10.2. The Balaban J connectivity index is 1.59. The first kappa shape index (κ1) is 17.6. The molecule has 4 N–H and O–H groups in total. The first-order valence-electron chi connectivity index (χ1n) is 7.74. The number of aliphatic imine (C=N–C) groups is 1. The summed E-state index contributed by atoms with van der Waals surface area (Å²) in [6.07, 6.45) is 1.80. The zero-order valence-electron chi connectivity index (χ0n) is 13.6. The average Bonchev–Trinajstić information content (AvgIpc) is 3.14. The number of aromatic nitrogens is 1. The van der Waals surface area contributed by atoms with E-state index in [0.29, 0.717) is 12.5 Å². The van der Waals surface area contributed by atoms with Crippen LogP contribution in [0.2, 0.25) is 0 Å². The Labute approximate surface area is 150 Å². The van der Waals surface area contributed by atoms with Crippen molar-refractivity contribution in [3.05, 3.63) is 41.4 Å². The lowest BCUT2D eigenvalue weighted by Gasteiger charge is -2.35. The minimum Gasteiger partial charge on any atom is -0.370 e. The summed E-state index contributed by atoms with van der Waals surface area (Å²) in [5.41, 5.74) is 6.83. The molecule has 1 aromatic heterocycles. The number of benzene rings is 1. The smallest absolute Gasteiger partial charge is 0.238 e. The van der Waals surface area contributed by atoms with E-state index in [2.05, 4.69) is 14.9 Å². The second-order valence-electron chi connectivity index (χ2n) is 5.66. The zero-order chi connectivity index (χ0) is 17.9. The molecule has 2 heterocycles. The molecule has 8 nitrogen and oxygen atoms in total. The third-order valence-corrected chi connectivity index (χ3v) is 5.69.